The van der Waals surface area contributed by atoms with Gasteiger partial charge in [0, 0.05) is 12.5 Å². The molecule has 0 radical (unpaired) electrons. The summed E-state index contributed by atoms with van der Waals surface area (Å²) in [5, 5.41) is 23.1. The Bertz CT molecular complexity index is 425. The molecule has 3 N–H and O–H groups in total. The highest BCUT2D eigenvalue weighted by Gasteiger charge is 2.46. The van der Waals surface area contributed by atoms with Gasteiger partial charge in [0.1, 0.15) is 12.2 Å². The molecule has 3 fully saturated rings. The Morgan fingerprint density at radius 2 is 1.80 bits per heavy atom. The Morgan fingerprint density at radius 3 is 2.40 bits per heavy atom. The number of carbonyl (C=O) groups excluding carboxylic acids is 1. The number of aliphatic hydroxyl groups excluding tert-OH is 2. The highest BCUT2D eigenvalue weighted by Crippen LogP contribution is 2.30. The standard InChI is InChI=1S/C18H32N2O4.ClH/c1-12-6-8-20(9-7-12)16-14(24-15(11-21)17(16)22)10-19-18(23)13-4-2-3-5-13;/h12-17,21-22H,2-11H2,1H3,(H,19,23);1H/t14-,15+,16+,17-;/m1./s1. The molecule has 0 bridgehead atoms. The minimum atomic E-state index is -0.697. The van der Waals surface area contributed by atoms with Crippen LogP contribution in [-0.2, 0) is 9.53 Å². The Labute approximate surface area is 156 Å². The second-order valence-corrected chi connectivity index (χ2v) is 7.82. The topological polar surface area (TPSA) is 82.0 Å². The summed E-state index contributed by atoms with van der Waals surface area (Å²) < 4.78 is 5.87. The van der Waals surface area contributed by atoms with E-state index < -0.39 is 12.2 Å². The van der Waals surface area contributed by atoms with Crippen LogP contribution in [0.15, 0.2) is 0 Å². The molecule has 7 heteroatoms. The van der Waals surface area contributed by atoms with Crippen LogP contribution in [0.2, 0.25) is 0 Å². The van der Waals surface area contributed by atoms with Gasteiger partial charge in [-0.1, -0.05) is 19.8 Å². The quantitative estimate of drug-likeness (QED) is 0.665. The van der Waals surface area contributed by atoms with Gasteiger partial charge < -0.3 is 20.3 Å². The van der Waals surface area contributed by atoms with Gasteiger partial charge in [0.15, 0.2) is 0 Å². The minimum Gasteiger partial charge on any atom is -0.394 e. The van der Waals surface area contributed by atoms with Gasteiger partial charge in [-0.25, -0.2) is 0 Å². The Kier molecular flexibility index (Phi) is 7.95. The maximum Gasteiger partial charge on any atom is 0.223 e. The molecule has 1 saturated carbocycles. The number of piperidine rings is 1. The second kappa shape index (κ2) is 9.51. The van der Waals surface area contributed by atoms with E-state index in [1.807, 2.05) is 0 Å². The molecule has 0 aromatic heterocycles. The summed E-state index contributed by atoms with van der Waals surface area (Å²) in [5.41, 5.74) is 0. The van der Waals surface area contributed by atoms with Gasteiger partial charge in [0.2, 0.25) is 5.91 Å². The first-order valence-corrected chi connectivity index (χ1v) is 9.56. The zero-order valence-electron chi connectivity index (χ0n) is 15.1. The average Bonchev–Trinajstić information content (AvgIpc) is 3.22. The SMILES string of the molecule is CC1CCN([C@@H]2[C@H](O)[C@H](CO)O[C@@H]2CNC(=O)C2CCCC2)CC1.Cl. The molecule has 25 heavy (non-hydrogen) atoms. The normalized spacial score (nSPS) is 34.8. The van der Waals surface area contributed by atoms with Crippen molar-refractivity contribution in [3.63, 3.8) is 0 Å². The van der Waals surface area contributed by atoms with Crippen LogP contribution in [0.3, 0.4) is 0 Å². The summed E-state index contributed by atoms with van der Waals surface area (Å²) in [4.78, 5) is 14.6. The lowest BCUT2D eigenvalue weighted by Gasteiger charge is -2.38. The predicted octanol–water partition coefficient (Wildman–Crippen LogP) is 0.936. The van der Waals surface area contributed by atoms with Crippen molar-refractivity contribution in [3.8, 4) is 0 Å². The van der Waals surface area contributed by atoms with E-state index >= 15 is 0 Å². The third-order valence-electron chi connectivity index (χ3n) is 6.08. The van der Waals surface area contributed by atoms with Crippen molar-refractivity contribution in [3.05, 3.63) is 0 Å². The first kappa shape index (κ1) is 20.9. The molecular formula is C18H33ClN2O4. The number of hydrogen-bond donors (Lipinski definition) is 3. The molecule has 0 unspecified atom stereocenters. The summed E-state index contributed by atoms with van der Waals surface area (Å²) in [6, 6.07) is -0.140. The molecule has 146 valence electrons. The highest BCUT2D eigenvalue weighted by atomic mass is 35.5. The number of ether oxygens (including phenoxy) is 1. The van der Waals surface area contributed by atoms with Crippen LogP contribution >= 0.6 is 12.4 Å². The van der Waals surface area contributed by atoms with Gasteiger partial charge in [-0.2, -0.15) is 0 Å². The maximum absolute atomic E-state index is 12.3. The zero-order valence-corrected chi connectivity index (χ0v) is 15.9. The van der Waals surface area contributed by atoms with Gasteiger partial charge in [-0.15, -0.1) is 12.4 Å². The predicted molar refractivity (Wildman–Crippen MR) is 97.7 cm³/mol. The smallest absolute Gasteiger partial charge is 0.223 e. The third-order valence-corrected chi connectivity index (χ3v) is 6.08. The minimum absolute atomic E-state index is 0. The van der Waals surface area contributed by atoms with Crippen LogP contribution in [0.5, 0.6) is 0 Å². The Balaban J connectivity index is 0.00000225. The molecule has 2 saturated heterocycles. The summed E-state index contributed by atoms with van der Waals surface area (Å²) in [6.45, 7) is 4.37. The van der Waals surface area contributed by atoms with Crippen molar-refractivity contribution in [2.45, 2.75) is 69.8 Å². The van der Waals surface area contributed by atoms with Crippen LogP contribution in [0, 0.1) is 11.8 Å². The van der Waals surface area contributed by atoms with Crippen molar-refractivity contribution >= 4 is 18.3 Å². The van der Waals surface area contributed by atoms with Gasteiger partial charge >= 0.3 is 0 Å². The molecule has 6 nitrogen and oxygen atoms in total. The molecular weight excluding hydrogens is 344 g/mol. The number of amides is 1. The highest BCUT2D eigenvalue weighted by molar-refractivity contribution is 5.85. The molecule has 0 aromatic rings. The lowest BCUT2D eigenvalue weighted by atomic mass is 9.94. The molecule has 2 aliphatic heterocycles. The van der Waals surface area contributed by atoms with Gasteiger partial charge in [0.25, 0.3) is 0 Å². The molecule has 2 heterocycles. The monoisotopic (exact) mass is 376 g/mol. The Hall–Kier alpha value is -0.400. The van der Waals surface area contributed by atoms with E-state index in [4.69, 9.17) is 4.74 Å². The fourth-order valence-electron chi connectivity index (χ4n) is 4.46. The van der Waals surface area contributed by atoms with E-state index in [2.05, 4.69) is 17.1 Å². The van der Waals surface area contributed by atoms with Crippen LogP contribution in [-0.4, -0.2) is 71.6 Å². The number of nitrogens with zero attached hydrogens (tertiary/aromatic N) is 1. The second-order valence-electron chi connectivity index (χ2n) is 7.82. The lowest BCUT2D eigenvalue weighted by Crippen LogP contribution is -2.53. The van der Waals surface area contributed by atoms with Crippen LogP contribution in [0.25, 0.3) is 0 Å². The Morgan fingerprint density at radius 1 is 1.16 bits per heavy atom. The fourth-order valence-corrected chi connectivity index (χ4v) is 4.46. The molecule has 3 aliphatic rings. The van der Waals surface area contributed by atoms with E-state index in [-0.39, 0.29) is 43.0 Å². The van der Waals surface area contributed by atoms with Crippen molar-refractivity contribution < 1.29 is 19.7 Å². The van der Waals surface area contributed by atoms with Crippen molar-refractivity contribution in [2.75, 3.05) is 26.2 Å². The van der Waals surface area contributed by atoms with Crippen LogP contribution < -0.4 is 5.32 Å². The van der Waals surface area contributed by atoms with Gasteiger partial charge in [-0.3, -0.25) is 9.69 Å². The fraction of sp³-hybridized carbons (Fsp3) is 0.944. The number of rotatable bonds is 5. The first-order chi connectivity index (χ1) is 11.6. The summed E-state index contributed by atoms with van der Waals surface area (Å²) in [6.07, 6.45) is 4.97. The van der Waals surface area contributed by atoms with Crippen LogP contribution in [0.1, 0.15) is 45.4 Å². The van der Waals surface area contributed by atoms with Crippen molar-refractivity contribution in [1.82, 2.24) is 10.2 Å². The van der Waals surface area contributed by atoms with E-state index in [0.29, 0.717) is 6.54 Å². The number of carbonyl (C=O) groups is 1. The van der Waals surface area contributed by atoms with Crippen molar-refractivity contribution in [2.24, 2.45) is 11.8 Å². The number of aliphatic hydroxyl groups is 2. The molecule has 4 atom stereocenters. The summed E-state index contributed by atoms with van der Waals surface area (Å²) >= 11 is 0. The largest absolute Gasteiger partial charge is 0.394 e. The number of likely N-dealkylation sites (tertiary alicyclic amines) is 1. The number of halogens is 1. The number of nitrogens with one attached hydrogen (secondary N) is 1. The number of hydrogen-bond acceptors (Lipinski definition) is 5. The molecule has 0 spiro atoms. The zero-order chi connectivity index (χ0) is 17.1. The molecule has 1 amide bonds. The lowest BCUT2D eigenvalue weighted by molar-refractivity contribution is -0.125. The van der Waals surface area contributed by atoms with Crippen LogP contribution in [0.4, 0.5) is 0 Å². The maximum atomic E-state index is 12.3. The molecule has 3 rings (SSSR count). The van der Waals surface area contributed by atoms with E-state index in [1.54, 1.807) is 0 Å². The van der Waals surface area contributed by atoms with Gasteiger partial charge in [0.05, 0.1) is 18.8 Å². The average molecular weight is 377 g/mol. The molecule has 1 aliphatic carbocycles. The molecule has 0 aromatic carbocycles. The van der Waals surface area contributed by atoms with Gasteiger partial charge in [-0.05, 0) is 44.7 Å². The first-order valence-electron chi connectivity index (χ1n) is 9.56. The van der Waals surface area contributed by atoms with E-state index in [9.17, 15) is 15.0 Å². The van der Waals surface area contributed by atoms with E-state index in [1.165, 1.54) is 0 Å². The van der Waals surface area contributed by atoms with Crippen molar-refractivity contribution in [1.29, 1.82) is 0 Å². The van der Waals surface area contributed by atoms with E-state index in [0.717, 1.165) is 57.5 Å². The summed E-state index contributed by atoms with van der Waals surface area (Å²) in [5.74, 6) is 0.971. The third kappa shape index (κ3) is 4.86. The summed E-state index contributed by atoms with van der Waals surface area (Å²) in [7, 11) is 0.